The number of halogens is 1. The quantitative estimate of drug-likeness (QED) is 0.182. The molecule has 0 N–H and O–H groups in total. The van der Waals surface area contributed by atoms with E-state index in [1.165, 1.54) is 10.8 Å². The standard InChI is InChI=1S/C29H43BrO4/c1-8-27(3,4)21-29(7,28(5,6)9-2)26(31)34-17-16-32-14-15-33-20-22-10-11-24-19-25(30)13-12-23(24)18-22/h10-13,18-19H,8-9,14-17,20-21H2,1-7H3. The van der Waals surface area contributed by atoms with Crippen molar-refractivity contribution >= 4 is 32.7 Å². The summed E-state index contributed by atoms with van der Waals surface area (Å²) in [5, 5.41) is 2.40. The average Bonchev–Trinajstić information content (AvgIpc) is 2.80. The van der Waals surface area contributed by atoms with Crippen LogP contribution >= 0.6 is 15.9 Å². The van der Waals surface area contributed by atoms with Gasteiger partial charge in [0.25, 0.3) is 0 Å². The first-order valence-electron chi connectivity index (χ1n) is 12.4. The molecule has 0 saturated heterocycles. The Balaban J connectivity index is 1.73. The fraction of sp³-hybridized carbons (Fsp3) is 0.621. The van der Waals surface area contributed by atoms with Gasteiger partial charge in [-0.2, -0.15) is 0 Å². The fourth-order valence-corrected chi connectivity index (χ4v) is 4.56. The third-order valence-electron chi connectivity index (χ3n) is 7.59. The summed E-state index contributed by atoms with van der Waals surface area (Å²) < 4.78 is 18.2. The molecule has 0 spiro atoms. The molecule has 0 aromatic heterocycles. The van der Waals surface area contributed by atoms with Gasteiger partial charge in [0.05, 0.1) is 31.8 Å². The molecule has 0 saturated carbocycles. The molecule has 5 heteroatoms. The predicted octanol–water partition coefficient (Wildman–Crippen LogP) is 7.95. The lowest BCUT2D eigenvalue weighted by molar-refractivity contribution is -0.167. The van der Waals surface area contributed by atoms with Gasteiger partial charge in [-0.05, 0) is 65.1 Å². The molecule has 0 fully saturated rings. The molecule has 0 radical (unpaired) electrons. The van der Waals surface area contributed by atoms with Crippen molar-refractivity contribution in [2.75, 3.05) is 26.4 Å². The van der Waals surface area contributed by atoms with Crippen LogP contribution in [0, 0.1) is 16.2 Å². The molecule has 2 aromatic rings. The van der Waals surface area contributed by atoms with Crippen molar-refractivity contribution in [1.82, 2.24) is 0 Å². The van der Waals surface area contributed by atoms with Gasteiger partial charge in [-0.1, -0.05) is 82.1 Å². The van der Waals surface area contributed by atoms with E-state index >= 15 is 0 Å². The molecule has 0 heterocycles. The summed E-state index contributed by atoms with van der Waals surface area (Å²) in [5.41, 5.74) is 0.525. The minimum Gasteiger partial charge on any atom is -0.463 e. The number of benzene rings is 2. The highest BCUT2D eigenvalue weighted by Crippen LogP contribution is 2.50. The second-order valence-corrected chi connectivity index (χ2v) is 11.8. The lowest BCUT2D eigenvalue weighted by Gasteiger charge is -2.45. The molecule has 1 unspecified atom stereocenters. The van der Waals surface area contributed by atoms with Gasteiger partial charge in [-0.25, -0.2) is 0 Å². The van der Waals surface area contributed by atoms with E-state index < -0.39 is 5.41 Å². The second-order valence-electron chi connectivity index (χ2n) is 10.9. The first kappa shape index (κ1) is 28.8. The van der Waals surface area contributed by atoms with E-state index in [0.717, 1.165) is 29.3 Å². The van der Waals surface area contributed by atoms with E-state index in [1.807, 2.05) is 6.07 Å². The lowest BCUT2D eigenvalue weighted by atomic mass is 9.58. The van der Waals surface area contributed by atoms with Crippen LogP contribution in [0.1, 0.15) is 73.3 Å². The molecule has 0 aliphatic heterocycles. The third kappa shape index (κ3) is 7.79. The zero-order valence-corrected chi connectivity index (χ0v) is 23.7. The van der Waals surface area contributed by atoms with Crippen LogP contribution in [0.25, 0.3) is 10.8 Å². The molecule has 0 aliphatic rings. The second kappa shape index (κ2) is 12.5. The van der Waals surface area contributed by atoms with Crippen molar-refractivity contribution in [2.24, 2.45) is 16.2 Å². The monoisotopic (exact) mass is 534 g/mol. The molecule has 0 bridgehead atoms. The maximum absolute atomic E-state index is 13.2. The number of carbonyl (C=O) groups is 1. The largest absolute Gasteiger partial charge is 0.463 e. The van der Waals surface area contributed by atoms with Gasteiger partial charge in [0, 0.05) is 4.47 Å². The number of hydrogen-bond acceptors (Lipinski definition) is 4. The van der Waals surface area contributed by atoms with E-state index in [2.05, 4.69) is 94.7 Å². The summed E-state index contributed by atoms with van der Waals surface area (Å²) in [6, 6.07) is 12.6. The minimum absolute atomic E-state index is 0.0793. The summed E-state index contributed by atoms with van der Waals surface area (Å²) in [7, 11) is 0. The predicted molar refractivity (Wildman–Crippen MR) is 144 cm³/mol. The van der Waals surface area contributed by atoms with Gasteiger partial charge in [0.2, 0.25) is 0 Å². The van der Waals surface area contributed by atoms with Crippen molar-refractivity contribution in [3.8, 4) is 0 Å². The Morgan fingerprint density at radius 3 is 2.12 bits per heavy atom. The lowest BCUT2D eigenvalue weighted by Crippen LogP contribution is -2.46. The first-order valence-corrected chi connectivity index (χ1v) is 13.2. The molecule has 2 rings (SSSR count). The van der Waals surface area contributed by atoms with Crippen LogP contribution in [0.3, 0.4) is 0 Å². The van der Waals surface area contributed by atoms with Crippen molar-refractivity contribution in [2.45, 2.75) is 74.3 Å². The van der Waals surface area contributed by atoms with E-state index in [-0.39, 0.29) is 23.4 Å². The summed E-state index contributed by atoms with van der Waals surface area (Å²) >= 11 is 3.51. The van der Waals surface area contributed by atoms with Crippen LogP contribution in [0.5, 0.6) is 0 Å². The molecule has 190 valence electrons. The molecular formula is C29H43BrO4. The van der Waals surface area contributed by atoms with Gasteiger partial charge in [0.1, 0.15) is 6.61 Å². The van der Waals surface area contributed by atoms with Gasteiger partial charge >= 0.3 is 5.97 Å². The number of esters is 1. The first-order chi connectivity index (χ1) is 15.9. The SMILES string of the molecule is CCC(C)(C)CC(C)(C(=O)OCCOCCOCc1ccc2cc(Br)ccc2c1)C(C)(C)CC. The zero-order valence-electron chi connectivity index (χ0n) is 22.1. The Bertz CT molecular complexity index is 937. The van der Waals surface area contributed by atoms with Crippen LogP contribution in [0.2, 0.25) is 0 Å². The smallest absolute Gasteiger partial charge is 0.312 e. The van der Waals surface area contributed by atoms with Gasteiger partial charge in [-0.15, -0.1) is 0 Å². The third-order valence-corrected chi connectivity index (χ3v) is 8.08. The maximum Gasteiger partial charge on any atom is 0.312 e. The van der Waals surface area contributed by atoms with Crippen molar-refractivity contribution < 1.29 is 19.0 Å². The summed E-state index contributed by atoms with van der Waals surface area (Å²) in [5.74, 6) is -0.121. The highest BCUT2D eigenvalue weighted by Gasteiger charge is 2.49. The maximum atomic E-state index is 13.2. The molecule has 2 aromatic carbocycles. The van der Waals surface area contributed by atoms with Gasteiger partial charge in [-0.3, -0.25) is 4.79 Å². The molecular weight excluding hydrogens is 492 g/mol. The molecule has 34 heavy (non-hydrogen) atoms. The highest BCUT2D eigenvalue weighted by atomic mass is 79.9. The fourth-order valence-electron chi connectivity index (χ4n) is 4.18. The summed E-state index contributed by atoms with van der Waals surface area (Å²) in [6.45, 7) is 17.3. The Hall–Kier alpha value is -1.43. The Labute approximate surface area is 214 Å². The number of fused-ring (bicyclic) bond motifs is 1. The van der Waals surface area contributed by atoms with Crippen LogP contribution in [0.15, 0.2) is 40.9 Å². The number of rotatable bonds is 14. The summed E-state index contributed by atoms with van der Waals surface area (Å²) in [6.07, 6.45) is 2.74. The molecule has 4 nitrogen and oxygen atoms in total. The number of ether oxygens (including phenoxy) is 3. The van der Waals surface area contributed by atoms with Gasteiger partial charge in [0.15, 0.2) is 0 Å². The highest BCUT2D eigenvalue weighted by molar-refractivity contribution is 9.10. The van der Waals surface area contributed by atoms with Crippen LogP contribution in [0.4, 0.5) is 0 Å². The van der Waals surface area contributed by atoms with Crippen LogP contribution in [-0.2, 0) is 25.6 Å². The zero-order chi connectivity index (χ0) is 25.4. The van der Waals surface area contributed by atoms with Gasteiger partial charge < -0.3 is 14.2 Å². The Kier molecular flexibility index (Phi) is 10.6. The van der Waals surface area contributed by atoms with E-state index in [0.29, 0.717) is 26.4 Å². The number of carbonyl (C=O) groups excluding carboxylic acids is 1. The van der Waals surface area contributed by atoms with E-state index in [9.17, 15) is 4.79 Å². The molecule has 0 aliphatic carbocycles. The van der Waals surface area contributed by atoms with Crippen molar-refractivity contribution in [3.05, 3.63) is 46.4 Å². The average molecular weight is 536 g/mol. The van der Waals surface area contributed by atoms with E-state index in [1.54, 1.807) is 0 Å². The summed E-state index contributed by atoms with van der Waals surface area (Å²) in [4.78, 5) is 13.2. The normalized spacial score (nSPS) is 14.2. The van der Waals surface area contributed by atoms with Crippen LogP contribution in [-0.4, -0.2) is 32.4 Å². The van der Waals surface area contributed by atoms with Crippen LogP contribution < -0.4 is 0 Å². The topological polar surface area (TPSA) is 44.8 Å². The van der Waals surface area contributed by atoms with Crippen molar-refractivity contribution in [1.29, 1.82) is 0 Å². The molecule has 1 atom stereocenters. The Morgan fingerprint density at radius 2 is 1.44 bits per heavy atom. The number of hydrogen-bond donors (Lipinski definition) is 0. The van der Waals surface area contributed by atoms with Crippen molar-refractivity contribution in [3.63, 3.8) is 0 Å². The minimum atomic E-state index is -0.541. The van der Waals surface area contributed by atoms with E-state index in [4.69, 9.17) is 14.2 Å². The molecule has 0 amide bonds. The Morgan fingerprint density at radius 1 is 0.824 bits per heavy atom.